The molecule has 0 aliphatic heterocycles. The Morgan fingerprint density at radius 3 is 1.08 bits per heavy atom. The second kappa shape index (κ2) is 11.9. The van der Waals surface area contributed by atoms with Crippen LogP contribution in [-0.2, 0) is 0 Å². The zero-order chi connectivity index (χ0) is 26.2. The van der Waals surface area contributed by atoms with Crippen LogP contribution in [0.1, 0.15) is 11.1 Å². The summed E-state index contributed by atoms with van der Waals surface area (Å²) in [5.74, 6) is -5.82. The van der Waals surface area contributed by atoms with Crippen molar-refractivity contribution in [3.05, 3.63) is 130 Å². The van der Waals surface area contributed by atoms with E-state index in [0.717, 1.165) is 73.1 Å². The van der Waals surface area contributed by atoms with Crippen molar-refractivity contribution < 1.29 is 35.1 Å². The van der Waals surface area contributed by atoms with E-state index in [-0.39, 0.29) is 22.5 Å². The van der Waals surface area contributed by atoms with Gasteiger partial charge in [0.25, 0.3) is 0 Å². The Bertz CT molecular complexity index is 1320. The van der Waals surface area contributed by atoms with Gasteiger partial charge in [-0.15, -0.1) is 0 Å². The lowest BCUT2D eigenvalue weighted by Crippen LogP contribution is -1.90. The normalized spacial score (nSPS) is 11.1. The standard InChI is InChI=1S/2C13H7F4N/c2*14-9-1-3-11(16)8(5-9)7-18-13-4-2-10(15)6-12(13)17/h2*1-7H. The third-order valence-electron chi connectivity index (χ3n) is 4.42. The van der Waals surface area contributed by atoms with Gasteiger partial charge in [0.15, 0.2) is 11.6 Å². The molecule has 0 saturated heterocycles. The fourth-order valence-corrected chi connectivity index (χ4v) is 2.68. The van der Waals surface area contributed by atoms with Gasteiger partial charge in [0.1, 0.15) is 34.9 Å². The Hall–Kier alpha value is -4.34. The summed E-state index contributed by atoms with van der Waals surface area (Å²) in [6, 6.07) is 11.3. The molecular formula is C26H14F8N2. The second-order valence-electron chi connectivity index (χ2n) is 7.04. The molecule has 36 heavy (non-hydrogen) atoms. The first-order chi connectivity index (χ1) is 17.1. The van der Waals surface area contributed by atoms with E-state index >= 15 is 0 Å². The van der Waals surface area contributed by atoms with Crippen LogP contribution in [0, 0.1) is 46.5 Å². The predicted molar refractivity (Wildman–Crippen MR) is 120 cm³/mol. The average molecular weight is 506 g/mol. The third-order valence-corrected chi connectivity index (χ3v) is 4.42. The lowest BCUT2D eigenvalue weighted by molar-refractivity contribution is 0.584. The summed E-state index contributed by atoms with van der Waals surface area (Å²) < 4.78 is 104. The number of rotatable bonds is 4. The van der Waals surface area contributed by atoms with E-state index in [1.165, 1.54) is 0 Å². The van der Waals surface area contributed by atoms with Crippen LogP contribution in [0.4, 0.5) is 46.5 Å². The van der Waals surface area contributed by atoms with Crippen molar-refractivity contribution in [2.24, 2.45) is 9.98 Å². The molecule has 0 spiro atoms. The molecule has 4 aromatic rings. The van der Waals surface area contributed by atoms with Crippen molar-refractivity contribution in [2.45, 2.75) is 0 Å². The van der Waals surface area contributed by atoms with Crippen molar-refractivity contribution in [1.82, 2.24) is 0 Å². The Labute approximate surface area is 199 Å². The quantitative estimate of drug-likeness (QED) is 0.198. The lowest BCUT2D eigenvalue weighted by Gasteiger charge is -1.98. The first kappa shape index (κ1) is 26.3. The van der Waals surface area contributed by atoms with Crippen molar-refractivity contribution in [1.29, 1.82) is 0 Å². The molecule has 184 valence electrons. The van der Waals surface area contributed by atoms with Crippen LogP contribution in [0.25, 0.3) is 0 Å². The van der Waals surface area contributed by atoms with E-state index in [1.807, 2.05) is 0 Å². The first-order valence-electron chi connectivity index (χ1n) is 10.0. The Kier molecular flexibility index (Phi) is 8.66. The van der Waals surface area contributed by atoms with Crippen LogP contribution in [0.3, 0.4) is 0 Å². The molecule has 0 aromatic heterocycles. The zero-order valence-corrected chi connectivity index (χ0v) is 18.0. The van der Waals surface area contributed by atoms with Gasteiger partial charge in [0.2, 0.25) is 0 Å². The summed E-state index contributed by atoms with van der Waals surface area (Å²) in [7, 11) is 0. The summed E-state index contributed by atoms with van der Waals surface area (Å²) in [5.41, 5.74) is -0.530. The highest BCUT2D eigenvalue weighted by Crippen LogP contribution is 2.20. The molecule has 0 N–H and O–H groups in total. The highest BCUT2D eigenvalue weighted by Gasteiger charge is 2.05. The molecule has 0 aliphatic rings. The molecule has 0 saturated carbocycles. The van der Waals surface area contributed by atoms with Gasteiger partial charge in [-0.2, -0.15) is 0 Å². The largest absolute Gasteiger partial charge is 0.253 e. The predicted octanol–water partition coefficient (Wildman–Crippen LogP) is 7.99. The van der Waals surface area contributed by atoms with Crippen molar-refractivity contribution in [2.75, 3.05) is 0 Å². The van der Waals surface area contributed by atoms with E-state index < -0.39 is 46.5 Å². The van der Waals surface area contributed by atoms with Crippen LogP contribution < -0.4 is 0 Å². The van der Waals surface area contributed by atoms with Crippen molar-refractivity contribution in [3.8, 4) is 0 Å². The summed E-state index contributed by atoms with van der Waals surface area (Å²) in [4.78, 5) is 7.29. The van der Waals surface area contributed by atoms with Gasteiger partial charge in [-0.25, -0.2) is 35.1 Å². The average Bonchev–Trinajstić information content (AvgIpc) is 2.82. The summed E-state index contributed by atoms with van der Waals surface area (Å²) in [5, 5.41) is 0. The molecule has 4 rings (SSSR count). The van der Waals surface area contributed by atoms with Gasteiger partial charge in [0.05, 0.1) is 11.4 Å². The first-order valence-corrected chi connectivity index (χ1v) is 10.0. The number of hydrogen-bond acceptors (Lipinski definition) is 2. The molecule has 0 bridgehead atoms. The summed E-state index contributed by atoms with van der Waals surface area (Å²) in [6.07, 6.45) is 1.96. The molecule has 0 aliphatic carbocycles. The fraction of sp³-hybridized carbons (Fsp3) is 0. The fourth-order valence-electron chi connectivity index (χ4n) is 2.68. The molecule has 0 unspecified atom stereocenters. The second-order valence-corrected chi connectivity index (χ2v) is 7.04. The maximum absolute atomic E-state index is 13.2. The molecule has 0 amide bonds. The van der Waals surface area contributed by atoms with Crippen LogP contribution in [0.2, 0.25) is 0 Å². The van der Waals surface area contributed by atoms with Crippen LogP contribution in [0.5, 0.6) is 0 Å². The summed E-state index contributed by atoms with van der Waals surface area (Å²) in [6.45, 7) is 0. The maximum Gasteiger partial charge on any atom is 0.151 e. The Morgan fingerprint density at radius 2 is 0.722 bits per heavy atom. The molecule has 0 radical (unpaired) electrons. The van der Waals surface area contributed by atoms with E-state index in [0.29, 0.717) is 12.1 Å². The highest BCUT2D eigenvalue weighted by molar-refractivity contribution is 5.82. The van der Waals surface area contributed by atoms with E-state index in [2.05, 4.69) is 9.98 Å². The lowest BCUT2D eigenvalue weighted by atomic mass is 10.2. The van der Waals surface area contributed by atoms with E-state index in [9.17, 15) is 35.1 Å². The molecule has 4 aromatic carbocycles. The highest BCUT2D eigenvalue weighted by atomic mass is 19.2. The maximum atomic E-state index is 13.2. The van der Waals surface area contributed by atoms with Crippen LogP contribution in [-0.4, -0.2) is 12.4 Å². The van der Waals surface area contributed by atoms with Crippen LogP contribution in [0.15, 0.2) is 82.8 Å². The van der Waals surface area contributed by atoms with Gasteiger partial charge in [0, 0.05) is 35.7 Å². The van der Waals surface area contributed by atoms with E-state index in [1.54, 1.807) is 0 Å². The topological polar surface area (TPSA) is 24.7 Å². The van der Waals surface area contributed by atoms with E-state index in [4.69, 9.17) is 0 Å². The zero-order valence-electron chi connectivity index (χ0n) is 18.0. The number of hydrogen-bond donors (Lipinski definition) is 0. The van der Waals surface area contributed by atoms with Crippen molar-refractivity contribution in [3.63, 3.8) is 0 Å². The molecular weight excluding hydrogens is 492 g/mol. The molecule has 2 nitrogen and oxygen atoms in total. The minimum Gasteiger partial charge on any atom is -0.253 e. The number of halogens is 8. The monoisotopic (exact) mass is 506 g/mol. The number of aliphatic imine (C=N–C) groups is 2. The van der Waals surface area contributed by atoms with Crippen LogP contribution >= 0.6 is 0 Å². The van der Waals surface area contributed by atoms with Gasteiger partial charge >= 0.3 is 0 Å². The van der Waals surface area contributed by atoms with Gasteiger partial charge < -0.3 is 0 Å². The van der Waals surface area contributed by atoms with Gasteiger partial charge in [-0.1, -0.05) is 0 Å². The SMILES string of the molecule is Fc1ccc(N=Cc2cc(F)ccc2F)c(F)c1.Fc1ccc(N=Cc2cc(F)ccc2F)c(F)c1. The molecule has 0 fully saturated rings. The Balaban J connectivity index is 0.000000201. The van der Waals surface area contributed by atoms with Crippen molar-refractivity contribution >= 4 is 23.8 Å². The van der Waals surface area contributed by atoms with Gasteiger partial charge in [-0.05, 0) is 60.7 Å². The number of benzene rings is 4. The Morgan fingerprint density at radius 1 is 0.389 bits per heavy atom. The molecule has 0 atom stereocenters. The third kappa shape index (κ3) is 7.33. The molecule has 0 heterocycles. The summed E-state index contributed by atoms with van der Waals surface area (Å²) >= 11 is 0. The minimum atomic E-state index is -0.872. The smallest absolute Gasteiger partial charge is 0.151 e. The molecule has 10 heteroatoms. The number of nitrogens with zero attached hydrogens (tertiary/aromatic N) is 2. The minimum absolute atomic E-state index is 0.112. The van der Waals surface area contributed by atoms with Gasteiger partial charge in [-0.3, -0.25) is 9.98 Å².